The van der Waals surface area contributed by atoms with Crippen LogP contribution in [0.15, 0.2) is 121 Å². The van der Waals surface area contributed by atoms with Crippen LogP contribution in [0.25, 0.3) is 0 Å². The van der Waals surface area contributed by atoms with E-state index in [1.54, 1.807) is 74.5 Å². The maximum absolute atomic E-state index is 15.0. The SMILES string of the molecule is Cc1ccc(NC(=O)[C@H]2CCCN(C(=O)c3c(C)cccc3F)[C@H]2c2ccc(N)cc2)cc1C(F)(F)F.[2H]C1([2H])CC(Nc2ccc([C@H]3[C@@H](C(=O)Nc4ccc(C)c(C(F)(F)F)c4)CCCN3C(=O)c3c(C)cccc3F)cc2)CC1([2H])[2H]. The molecule has 3 fully saturated rings. The van der Waals surface area contributed by atoms with Crippen molar-refractivity contribution in [1.82, 2.24) is 9.80 Å². The van der Waals surface area contributed by atoms with Crippen LogP contribution < -0.4 is 21.7 Å². The number of anilines is 4. The van der Waals surface area contributed by atoms with Crippen molar-refractivity contribution in [2.75, 3.05) is 34.8 Å². The van der Waals surface area contributed by atoms with Gasteiger partial charge >= 0.3 is 12.4 Å². The topological polar surface area (TPSA) is 137 Å². The normalized spacial score (nSPS) is 20.8. The Morgan fingerprint density at radius 3 is 1.32 bits per heavy atom. The highest BCUT2D eigenvalue weighted by molar-refractivity contribution is 5.99. The van der Waals surface area contributed by atoms with Crippen LogP contribution >= 0.6 is 0 Å². The molecule has 5 N–H and O–H groups in total. The molecule has 2 heterocycles. The molecule has 79 heavy (non-hydrogen) atoms. The van der Waals surface area contributed by atoms with Crippen LogP contribution in [0.5, 0.6) is 0 Å². The van der Waals surface area contributed by atoms with Gasteiger partial charge in [0.2, 0.25) is 11.8 Å². The number of alkyl halides is 6. The van der Waals surface area contributed by atoms with Gasteiger partial charge in [0.1, 0.15) is 11.6 Å². The van der Waals surface area contributed by atoms with Crippen molar-refractivity contribution in [3.05, 3.63) is 189 Å². The summed E-state index contributed by atoms with van der Waals surface area (Å²) in [6, 6.07) is 27.2. The predicted molar refractivity (Wildman–Crippen MR) is 288 cm³/mol. The molecular formula is C61H62F8N6O4. The molecule has 0 unspecified atom stereocenters. The number of nitrogen functional groups attached to an aromatic ring is 1. The third-order valence-electron chi connectivity index (χ3n) is 14.7. The second-order valence-electron chi connectivity index (χ2n) is 20.2. The van der Waals surface area contributed by atoms with Crippen LogP contribution in [0, 0.1) is 51.2 Å². The van der Waals surface area contributed by atoms with Gasteiger partial charge in [-0.2, -0.15) is 26.3 Å². The van der Waals surface area contributed by atoms with Crippen molar-refractivity contribution >= 4 is 46.4 Å². The molecule has 9 rings (SSSR count). The summed E-state index contributed by atoms with van der Waals surface area (Å²) >= 11 is 0. The zero-order valence-corrected chi connectivity index (χ0v) is 43.7. The van der Waals surface area contributed by atoms with Gasteiger partial charge in [0, 0.05) is 47.4 Å². The van der Waals surface area contributed by atoms with E-state index >= 15 is 0 Å². The molecule has 10 nitrogen and oxygen atoms in total. The first-order valence-electron chi connectivity index (χ1n) is 27.8. The molecule has 3 aliphatic rings. The third-order valence-corrected chi connectivity index (χ3v) is 14.7. The van der Waals surface area contributed by atoms with Gasteiger partial charge in [-0.05, 0) is 160 Å². The maximum atomic E-state index is 15.0. The summed E-state index contributed by atoms with van der Waals surface area (Å²) in [5.41, 5.74) is 7.09. The van der Waals surface area contributed by atoms with Crippen molar-refractivity contribution in [3.8, 4) is 0 Å². The molecule has 4 atom stereocenters. The van der Waals surface area contributed by atoms with E-state index in [4.69, 9.17) is 11.2 Å². The Balaban J connectivity index is 0.000000222. The molecule has 1 aliphatic carbocycles. The summed E-state index contributed by atoms with van der Waals surface area (Å²) < 4.78 is 143. The number of carbonyl (C=O) groups is 4. The van der Waals surface area contributed by atoms with Gasteiger partial charge in [0.05, 0.1) is 46.2 Å². The minimum absolute atomic E-state index is 0.00683. The van der Waals surface area contributed by atoms with E-state index in [1.807, 2.05) is 0 Å². The molecule has 0 bridgehead atoms. The minimum atomic E-state index is -4.61. The number of nitrogens with zero attached hydrogens (tertiary/aromatic N) is 2. The van der Waals surface area contributed by atoms with Gasteiger partial charge in [-0.1, -0.05) is 73.4 Å². The van der Waals surface area contributed by atoms with Gasteiger partial charge in [0.15, 0.2) is 0 Å². The van der Waals surface area contributed by atoms with Crippen LogP contribution in [-0.2, 0) is 21.9 Å². The average molecular weight is 1100 g/mol. The molecule has 0 radical (unpaired) electrons. The van der Waals surface area contributed by atoms with E-state index in [2.05, 4.69) is 16.0 Å². The van der Waals surface area contributed by atoms with Crippen molar-refractivity contribution in [2.45, 2.75) is 109 Å². The highest BCUT2D eigenvalue weighted by atomic mass is 19.4. The Morgan fingerprint density at radius 2 is 0.924 bits per heavy atom. The van der Waals surface area contributed by atoms with Crippen LogP contribution in [0.2, 0.25) is 0 Å². The number of carbonyl (C=O) groups excluding carboxylic acids is 4. The summed E-state index contributed by atoms with van der Waals surface area (Å²) in [7, 11) is 0. The maximum Gasteiger partial charge on any atom is 0.416 e. The lowest BCUT2D eigenvalue weighted by molar-refractivity contribution is -0.138. The summed E-state index contributed by atoms with van der Waals surface area (Å²) in [5, 5.41) is 8.39. The third kappa shape index (κ3) is 13.2. The number of amides is 4. The van der Waals surface area contributed by atoms with E-state index in [-0.39, 0.29) is 59.6 Å². The average Bonchev–Trinajstić information content (AvgIpc) is 3.12. The molecule has 2 saturated heterocycles. The number of piperidine rings is 2. The first kappa shape index (κ1) is 52.0. The van der Waals surface area contributed by atoms with E-state index in [0.29, 0.717) is 59.3 Å². The second-order valence-corrected chi connectivity index (χ2v) is 20.2. The van der Waals surface area contributed by atoms with Crippen molar-refractivity contribution in [3.63, 3.8) is 0 Å². The summed E-state index contributed by atoms with van der Waals surface area (Å²) in [4.78, 5) is 57.7. The molecule has 6 aromatic carbocycles. The molecule has 0 aromatic heterocycles. The van der Waals surface area contributed by atoms with Gasteiger partial charge in [-0.3, -0.25) is 19.2 Å². The number of rotatable bonds is 10. The Hall–Kier alpha value is -7.76. The Bertz CT molecular complexity index is 3340. The van der Waals surface area contributed by atoms with Crippen molar-refractivity contribution in [1.29, 1.82) is 0 Å². The molecular weight excluding hydrogens is 1030 g/mol. The largest absolute Gasteiger partial charge is 0.416 e. The first-order valence-corrected chi connectivity index (χ1v) is 25.8. The first-order chi connectivity index (χ1) is 38.9. The van der Waals surface area contributed by atoms with E-state index in [0.717, 1.165) is 12.1 Å². The Kier molecular flexibility index (Phi) is 15.8. The van der Waals surface area contributed by atoms with Crippen LogP contribution in [0.4, 0.5) is 57.9 Å². The van der Waals surface area contributed by atoms with Gasteiger partial charge in [-0.25, -0.2) is 8.78 Å². The predicted octanol–water partition coefficient (Wildman–Crippen LogP) is 14.3. The number of nitrogens with one attached hydrogen (secondary N) is 3. The zero-order chi connectivity index (χ0) is 60.5. The fraction of sp³-hybridized carbons (Fsp3) is 0.344. The lowest BCUT2D eigenvalue weighted by Crippen LogP contribution is -2.46. The standard InChI is InChI=1S/C33H35F4N3O2.C28H27F4N3O2/c1-20-12-15-25(19-27(20)33(35,36)37)39-31(41)26-10-6-18-40(32(42)29-21(2)7-5-11-28(29)34)30(26)22-13-16-24(17-14-22)38-23-8-3-4-9-23;1-16-8-13-20(15-22(16)28(30,31)32)34-26(36)21-6-4-14-35(25(21)18-9-11-19(33)12-10-18)27(37)24-17(2)5-3-7-23(24)29/h5,7,11-17,19,23,26,30,38H,3-4,6,8-10,18H2,1-2H3,(H,39,41);3,5,7-13,15,21,25H,4,6,14,33H2,1-2H3,(H,34,36)/t26-,30-;21-,25-/m00/s1/i3D2,4D2;. The van der Waals surface area contributed by atoms with Crippen LogP contribution in [0.1, 0.15) is 134 Å². The van der Waals surface area contributed by atoms with Crippen LogP contribution in [0.3, 0.4) is 0 Å². The lowest BCUT2D eigenvalue weighted by Gasteiger charge is -2.41. The van der Waals surface area contributed by atoms with Gasteiger partial charge in [-0.15, -0.1) is 0 Å². The molecule has 2 aliphatic heterocycles. The number of nitrogens with two attached hydrogens (primary N) is 1. The van der Waals surface area contributed by atoms with Crippen molar-refractivity contribution < 1.29 is 59.8 Å². The van der Waals surface area contributed by atoms with E-state index in [1.165, 1.54) is 72.2 Å². The van der Waals surface area contributed by atoms with Crippen LogP contribution in [-0.4, -0.2) is 52.6 Å². The number of aryl methyl sites for hydroxylation is 4. The number of hydrogen-bond donors (Lipinski definition) is 4. The summed E-state index contributed by atoms with van der Waals surface area (Å²) in [6.45, 7) is 6.43. The Morgan fingerprint density at radius 1 is 0.532 bits per heavy atom. The minimum Gasteiger partial charge on any atom is -0.399 e. The fourth-order valence-electron chi connectivity index (χ4n) is 10.7. The quantitative estimate of drug-likeness (QED) is 0.0797. The second kappa shape index (κ2) is 24.1. The van der Waals surface area contributed by atoms with Crippen molar-refractivity contribution in [2.24, 2.45) is 11.8 Å². The fourth-order valence-corrected chi connectivity index (χ4v) is 10.7. The molecule has 0 spiro atoms. The molecule has 6 aromatic rings. The monoisotopic (exact) mass is 1100 g/mol. The summed E-state index contributed by atoms with van der Waals surface area (Å²) in [5.74, 6) is -5.30. The number of benzene rings is 6. The van der Waals surface area contributed by atoms with E-state index < -0.39 is 101 Å². The van der Waals surface area contributed by atoms with Gasteiger partial charge in [0.25, 0.3) is 11.8 Å². The molecule has 416 valence electrons. The lowest BCUT2D eigenvalue weighted by atomic mass is 9.83. The number of halogens is 8. The molecule has 1 saturated carbocycles. The smallest absolute Gasteiger partial charge is 0.399 e. The highest BCUT2D eigenvalue weighted by Crippen LogP contribution is 2.42. The molecule has 18 heteroatoms. The summed E-state index contributed by atoms with van der Waals surface area (Å²) in [6.07, 6.45) is -11.6. The number of likely N-dealkylation sites (tertiary alicyclic amines) is 2. The van der Waals surface area contributed by atoms with Gasteiger partial charge < -0.3 is 31.5 Å². The zero-order valence-electron chi connectivity index (χ0n) is 47.7. The number of hydrogen-bond acceptors (Lipinski definition) is 6. The van der Waals surface area contributed by atoms with E-state index in [9.17, 15) is 54.3 Å². The highest BCUT2D eigenvalue weighted by Gasteiger charge is 2.43. The Labute approximate surface area is 459 Å². The molecule has 4 amide bonds.